The number of hydrogen-bond acceptors (Lipinski definition) is 5. The van der Waals surface area contributed by atoms with Crippen LogP contribution in [0.3, 0.4) is 0 Å². The Labute approximate surface area is 134 Å². The Kier molecular flexibility index (Phi) is 3.91. The minimum atomic E-state index is -0.596. The van der Waals surface area contributed by atoms with Gasteiger partial charge in [0, 0.05) is 17.5 Å². The molecule has 0 bridgehead atoms. The van der Waals surface area contributed by atoms with Crippen LogP contribution in [-0.2, 0) is 15.1 Å². The number of esters is 1. The molecule has 1 N–H and O–H groups in total. The van der Waals surface area contributed by atoms with Gasteiger partial charge in [0.15, 0.2) is 10.7 Å². The Bertz CT molecular complexity index is 680. The Morgan fingerprint density at radius 2 is 2.14 bits per heavy atom. The summed E-state index contributed by atoms with van der Waals surface area (Å²) < 4.78 is 5.60. The maximum Gasteiger partial charge on any atom is 0.310 e. The zero-order valence-electron chi connectivity index (χ0n) is 13.1. The molecule has 0 amide bonds. The molecule has 4 nitrogen and oxygen atoms in total. The fraction of sp³-hybridized carbons (Fsp3) is 0.412. The number of carbonyl (C=O) groups is 1. The van der Waals surface area contributed by atoms with Gasteiger partial charge in [-0.25, -0.2) is 4.98 Å². The molecule has 0 spiro atoms. The van der Waals surface area contributed by atoms with Crippen LogP contribution in [0.25, 0.3) is 0 Å². The highest BCUT2D eigenvalue weighted by atomic mass is 32.1. The molecule has 2 heterocycles. The minimum Gasteiger partial charge on any atom is -0.453 e. The second-order valence-corrected chi connectivity index (χ2v) is 6.85. The first kappa shape index (κ1) is 15.0. The average molecular weight is 316 g/mol. The molecule has 2 aromatic rings. The van der Waals surface area contributed by atoms with Crippen molar-refractivity contribution in [1.29, 1.82) is 0 Å². The molecule has 1 fully saturated rings. The fourth-order valence-electron chi connectivity index (χ4n) is 2.70. The number of carbonyl (C=O) groups excluding carboxylic acids is 1. The van der Waals surface area contributed by atoms with Gasteiger partial charge >= 0.3 is 5.97 Å². The standard InChI is InChI=1S/C17H20N2O2S/c1-4-12-9-17(3,21-15(12)20)14-10-22-16(19-14)18-13-7-5-11(2)6-8-13/h5-8,10,12H,4,9H2,1-3H3,(H,18,19)/t12-,17-/m1/s1. The van der Waals surface area contributed by atoms with E-state index in [-0.39, 0.29) is 11.9 Å². The van der Waals surface area contributed by atoms with Crippen molar-refractivity contribution in [2.45, 2.75) is 39.2 Å². The molecule has 1 aliphatic rings. The van der Waals surface area contributed by atoms with Gasteiger partial charge in [-0.3, -0.25) is 4.79 Å². The number of rotatable bonds is 4. The van der Waals surface area contributed by atoms with Crippen LogP contribution < -0.4 is 5.32 Å². The predicted octanol–water partition coefficient (Wildman–Crippen LogP) is 4.38. The van der Waals surface area contributed by atoms with Crippen LogP contribution in [0.15, 0.2) is 29.6 Å². The lowest BCUT2D eigenvalue weighted by atomic mass is 9.92. The first-order valence-corrected chi connectivity index (χ1v) is 8.40. The molecule has 0 saturated carbocycles. The molecule has 0 aliphatic carbocycles. The van der Waals surface area contributed by atoms with Crippen LogP contribution in [0.5, 0.6) is 0 Å². The maximum absolute atomic E-state index is 11.9. The number of aromatic nitrogens is 1. The van der Waals surface area contributed by atoms with E-state index < -0.39 is 5.60 Å². The molecule has 22 heavy (non-hydrogen) atoms. The molecule has 1 aromatic heterocycles. The summed E-state index contributed by atoms with van der Waals surface area (Å²) in [6.07, 6.45) is 1.52. The molecule has 0 unspecified atom stereocenters. The summed E-state index contributed by atoms with van der Waals surface area (Å²) in [5.74, 6) is -0.119. The van der Waals surface area contributed by atoms with Crippen molar-refractivity contribution in [2.75, 3.05) is 5.32 Å². The van der Waals surface area contributed by atoms with Crippen LogP contribution in [0.4, 0.5) is 10.8 Å². The Hall–Kier alpha value is -1.88. The lowest BCUT2D eigenvalue weighted by Gasteiger charge is -2.19. The summed E-state index contributed by atoms with van der Waals surface area (Å²) >= 11 is 1.53. The predicted molar refractivity (Wildman–Crippen MR) is 88.4 cm³/mol. The van der Waals surface area contributed by atoms with Gasteiger partial charge < -0.3 is 10.1 Å². The summed E-state index contributed by atoms with van der Waals surface area (Å²) in [6, 6.07) is 8.17. The smallest absolute Gasteiger partial charge is 0.310 e. The highest BCUT2D eigenvalue weighted by Crippen LogP contribution is 2.41. The quantitative estimate of drug-likeness (QED) is 0.850. The lowest BCUT2D eigenvalue weighted by Crippen LogP contribution is -2.21. The van der Waals surface area contributed by atoms with Gasteiger partial charge in [0.2, 0.25) is 0 Å². The van der Waals surface area contributed by atoms with Gasteiger partial charge in [0.1, 0.15) is 0 Å². The number of hydrogen-bond donors (Lipinski definition) is 1. The number of nitrogens with one attached hydrogen (secondary N) is 1. The van der Waals surface area contributed by atoms with E-state index in [2.05, 4.69) is 29.4 Å². The van der Waals surface area contributed by atoms with Gasteiger partial charge in [-0.05, 0) is 32.4 Å². The van der Waals surface area contributed by atoms with Crippen molar-refractivity contribution >= 4 is 28.1 Å². The average Bonchev–Trinajstić information content (AvgIpc) is 3.07. The number of ether oxygens (including phenoxy) is 1. The zero-order valence-corrected chi connectivity index (χ0v) is 13.9. The summed E-state index contributed by atoms with van der Waals surface area (Å²) in [6.45, 7) is 6.03. The molecule has 1 aromatic carbocycles. The zero-order chi connectivity index (χ0) is 15.7. The second kappa shape index (κ2) is 5.72. The van der Waals surface area contributed by atoms with E-state index in [0.29, 0.717) is 6.42 Å². The van der Waals surface area contributed by atoms with Crippen molar-refractivity contribution < 1.29 is 9.53 Å². The summed E-state index contributed by atoms with van der Waals surface area (Å²) in [5, 5.41) is 6.09. The SMILES string of the molecule is CC[C@@H]1C[C@](C)(c2csc(Nc3ccc(C)cc3)n2)OC1=O. The first-order valence-electron chi connectivity index (χ1n) is 7.53. The molecule has 5 heteroatoms. The van der Waals surface area contributed by atoms with Crippen LogP contribution in [-0.4, -0.2) is 11.0 Å². The highest BCUT2D eigenvalue weighted by Gasteiger charge is 2.45. The maximum atomic E-state index is 11.9. The van der Waals surface area contributed by atoms with E-state index in [4.69, 9.17) is 4.74 Å². The monoisotopic (exact) mass is 316 g/mol. The van der Waals surface area contributed by atoms with E-state index in [1.165, 1.54) is 16.9 Å². The normalized spacial score (nSPS) is 24.3. The van der Waals surface area contributed by atoms with Gasteiger partial charge in [0.25, 0.3) is 0 Å². The van der Waals surface area contributed by atoms with Crippen LogP contribution in [0.2, 0.25) is 0 Å². The molecule has 116 valence electrons. The molecule has 3 rings (SSSR count). The molecule has 1 aliphatic heterocycles. The van der Waals surface area contributed by atoms with Crippen LogP contribution >= 0.6 is 11.3 Å². The van der Waals surface area contributed by atoms with Gasteiger partial charge in [-0.2, -0.15) is 0 Å². The van der Waals surface area contributed by atoms with E-state index in [1.54, 1.807) is 0 Å². The number of aryl methyl sites for hydroxylation is 1. The summed E-state index contributed by atoms with van der Waals surface area (Å²) in [4.78, 5) is 16.5. The van der Waals surface area contributed by atoms with Gasteiger partial charge in [-0.1, -0.05) is 24.6 Å². The van der Waals surface area contributed by atoms with E-state index in [9.17, 15) is 4.79 Å². The number of anilines is 2. The largest absolute Gasteiger partial charge is 0.453 e. The van der Waals surface area contributed by atoms with Crippen LogP contribution in [0, 0.1) is 12.8 Å². The molecule has 1 saturated heterocycles. The third-order valence-electron chi connectivity index (χ3n) is 4.14. The van der Waals surface area contributed by atoms with Crippen molar-refractivity contribution in [3.63, 3.8) is 0 Å². The van der Waals surface area contributed by atoms with Crippen molar-refractivity contribution in [2.24, 2.45) is 5.92 Å². The number of nitrogens with zero attached hydrogens (tertiary/aromatic N) is 1. The van der Waals surface area contributed by atoms with Crippen LogP contribution in [0.1, 0.15) is 37.9 Å². The van der Waals surface area contributed by atoms with Gasteiger partial charge in [0.05, 0.1) is 11.6 Å². The number of thiazole rings is 1. The first-order chi connectivity index (χ1) is 10.5. The number of cyclic esters (lactones) is 1. The minimum absolute atomic E-state index is 0.0137. The van der Waals surface area contributed by atoms with Crippen molar-refractivity contribution in [3.8, 4) is 0 Å². The van der Waals surface area contributed by atoms with Gasteiger partial charge in [-0.15, -0.1) is 11.3 Å². The summed E-state index contributed by atoms with van der Waals surface area (Å²) in [5.41, 5.74) is 2.46. The highest BCUT2D eigenvalue weighted by molar-refractivity contribution is 7.13. The van der Waals surface area contributed by atoms with E-state index >= 15 is 0 Å². The summed E-state index contributed by atoms with van der Waals surface area (Å²) in [7, 11) is 0. The molecule has 2 atom stereocenters. The number of benzene rings is 1. The van der Waals surface area contributed by atoms with Crippen molar-refractivity contribution in [3.05, 3.63) is 40.9 Å². The Balaban J connectivity index is 1.76. The van der Waals surface area contributed by atoms with E-state index in [1.807, 2.05) is 31.4 Å². The topological polar surface area (TPSA) is 51.2 Å². The van der Waals surface area contributed by atoms with E-state index in [0.717, 1.165) is 22.9 Å². The molecular weight excluding hydrogens is 296 g/mol. The third-order valence-corrected chi connectivity index (χ3v) is 4.89. The Morgan fingerprint density at radius 3 is 2.77 bits per heavy atom. The van der Waals surface area contributed by atoms with Crippen molar-refractivity contribution in [1.82, 2.24) is 4.98 Å². The fourth-order valence-corrected chi connectivity index (χ4v) is 3.56. The molecule has 0 radical (unpaired) electrons. The third kappa shape index (κ3) is 2.86. The molecular formula is C17H20N2O2S. The Morgan fingerprint density at radius 1 is 1.41 bits per heavy atom. The second-order valence-electron chi connectivity index (χ2n) is 5.99. The lowest BCUT2D eigenvalue weighted by molar-refractivity contribution is -0.150.